The summed E-state index contributed by atoms with van der Waals surface area (Å²) in [4.78, 5) is 37.9. The Hall–Kier alpha value is -1.59. The molecule has 0 aliphatic rings. The number of carbonyl (C=O) groups is 3. The summed E-state index contributed by atoms with van der Waals surface area (Å²) in [6.07, 6.45) is 52.5. The van der Waals surface area contributed by atoms with Crippen molar-refractivity contribution in [3.8, 4) is 0 Å². The van der Waals surface area contributed by atoms with Crippen molar-refractivity contribution >= 4 is 17.9 Å². The summed E-state index contributed by atoms with van der Waals surface area (Å²) in [6, 6.07) is 0. The molecule has 0 aromatic heterocycles. The molecule has 0 rings (SSSR count). The smallest absolute Gasteiger partial charge is 0.306 e. The number of rotatable bonds is 50. The lowest BCUT2D eigenvalue weighted by molar-refractivity contribution is -0.167. The summed E-state index contributed by atoms with van der Waals surface area (Å²) in [6.45, 7) is 9.02. The molecule has 1 atom stereocenters. The summed E-state index contributed by atoms with van der Waals surface area (Å²) < 4.78 is 16.8. The van der Waals surface area contributed by atoms with Crippen LogP contribution in [0.4, 0.5) is 0 Å². The van der Waals surface area contributed by atoms with E-state index in [0.29, 0.717) is 19.3 Å². The van der Waals surface area contributed by atoms with E-state index < -0.39 is 6.10 Å². The first-order valence-electron chi connectivity index (χ1n) is 27.4. The van der Waals surface area contributed by atoms with Gasteiger partial charge in [-0.2, -0.15) is 0 Å². The molecular weight excluding hydrogens is 757 g/mol. The molecule has 0 heterocycles. The topological polar surface area (TPSA) is 78.9 Å². The van der Waals surface area contributed by atoms with Crippen LogP contribution < -0.4 is 0 Å². The Kier molecular flexibility index (Phi) is 48.1. The van der Waals surface area contributed by atoms with Gasteiger partial charge in [-0.05, 0) is 25.2 Å². The van der Waals surface area contributed by atoms with Crippen LogP contribution in [0.1, 0.15) is 310 Å². The van der Waals surface area contributed by atoms with Gasteiger partial charge >= 0.3 is 17.9 Å². The lowest BCUT2D eigenvalue weighted by Gasteiger charge is -2.18. The molecule has 0 spiro atoms. The van der Waals surface area contributed by atoms with E-state index >= 15 is 0 Å². The lowest BCUT2D eigenvalue weighted by atomic mass is 10.0. The molecule has 0 amide bonds. The molecule has 0 unspecified atom stereocenters. The minimum atomic E-state index is -0.760. The molecule has 0 saturated heterocycles. The van der Waals surface area contributed by atoms with E-state index in [2.05, 4.69) is 27.7 Å². The highest BCUT2D eigenvalue weighted by Gasteiger charge is 2.19. The Morgan fingerprint density at radius 2 is 0.541 bits per heavy atom. The zero-order valence-electron chi connectivity index (χ0n) is 41.6. The predicted octanol–water partition coefficient (Wildman–Crippen LogP) is 17.8. The molecule has 0 aliphatic heterocycles. The van der Waals surface area contributed by atoms with Crippen molar-refractivity contribution < 1.29 is 28.6 Å². The number of carbonyl (C=O) groups excluding carboxylic acids is 3. The first kappa shape index (κ1) is 59.4. The molecule has 61 heavy (non-hydrogen) atoms. The van der Waals surface area contributed by atoms with Gasteiger partial charge in [0, 0.05) is 19.3 Å². The second-order valence-electron chi connectivity index (χ2n) is 19.3. The third-order valence-corrected chi connectivity index (χ3v) is 12.5. The Morgan fingerprint density at radius 3 is 0.803 bits per heavy atom. The SMILES string of the molecule is CCCCCCCCCCCCCCCCCCCC(=O)O[C@H](COC(=O)CCCCCCCCC)COC(=O)CCCCCCCCCCCCCCCCCCC(C)C. The van der Waals surface area contributed by atoms with Crippen LogP contribution >= 0.6 is 0 Å². The van der Waals surface area contributed by atoms with E-state index in [-0.39, 0.29) is 31.1 Å². The molecule has 0 aromatic rings. The first-order valence-corrected chi connectivity index (χ1v) is 27.4. The second-order valence-corrected chi connectivity index (χ2v) is 19.3. The van der Waals surface area contributed by atoms with Gasteiger partial charge in [-0.25, -0.2) is 0 Å². The lowest BCUT2D eigenvalue weighted by Crippen LogP contribution is -2.30. The summed E-state index contributed by atoms with van der Waals surface area (Å²) >= 11 is 0. The van der Waals surface area contributed by atoms with Crippen LogP contribution in [0, 0.1) is 5.92 Å². The maximum atomic E-state index is 12.8. The van der Waals surface area contributed by atoms with Crippen LogP contribution in [0.2, 0.25) is 0 Å². The quantitative estimate of drug-likeness (QED) is 0.0344. The highest BCUT2D eigenvalue weighted by Crippen LogP contribution is 2.18. The van der Waals surface area contributed by atoms with E-state index in [9.17, 15) is 14.4 Å². The third kappa shape index (κ3) is 49.3. The molecule has 0 N–H and O–H groups in total. The number of unbranched alkanes of at least 4 members (excludes halogenated alkanes) is 37. The molecule has 6 nitrogen and oxygen atoms in total. The van der Waals surface area contributed by atoms with Crippen molar-refractivity contribution in [3.05, 3.63) is 0 Å². The fraction of sp³-hybridized carbons (Fsp3) is 0.945. The van der Waals surface area contributed by atoms with Gasteiger partial charge in [-0.1, -0.05) is 272 Å². The zero-order chi connectivity index (χ0) is 44.5. The average Bonchev–Trinajstić information content (AvgIpc) is 3.24. The van der Waals surface area contributed by atoms with E-state index in [4.69, 9.17) is 14.2 Å². The van der Waals surface area contributed by atoms with Crippen molar-refractivity contribution in [2.75, 3.05) is 13.2 Å². The van der Waals surface area contributed by atoms with Crippen LogP contribution in [-0.4, -0.2) is 37.2 Å². The molecule has 0 saturated carbocycles. The van der Waals surface area contributed by atoms with Crippen LogP contribution in [-0.2, 0) is 28.6 Å². The van der Waals surface area contributed by atoms with Gasteiger partial charge in [0.2, 0.25) is 0 Å². The van der Waals surface area contributed by atoms with Crippen molar-refractivity contribution in [1.82, 2.24) is 0 Å². The number of hydrogen-bond donors (Lipinski definition) is 0. The molecule has 0 aromatic carbocycles. The zero-order valence-corrected chi connectivity index (χ0v) is 41.6. The summed E-state index contributed by atoms with van der Waals surface area (Å²) in [5.74, 6) is 0.00589. The van der Waals surface area contributed by atoms with Gasteiger partial charge in [-0.3, -0.25) is 14.4 Å². The van der Waals surface area contributed by atoms with E-state index in [1.807, 2.05) is 0 Å². The highest BCUT2D eigenvalue weighted by atomic mass is 16.6. The average molecular weight is 863 g/mol. The van der Waals surface area contributed by atoms with Gasteiger partial charge < -0.3 is 14.2 Å². The molecule has 0 radical (unpaired) electrons. The molecule has 0 aliphatic carbocycles. The van der Waals surface area contributed by atoms with Crippen LogP contribution in [0.25, 0.3) is 0 Å². The van der Waals surface area contributed by atoms with Gasteiger partial charge in [0.1, 0.15) is 13.2 Å². The third-order valence-electron chi connectivity index (χ3n) is 12.5. The molecule has 6 heteroatoms. The Labute approximate surface area is 380 Å². The maximum absolute atomic E-state index is 12.8. The minimum Gasteiger partial charge on any atom is -0.462 e. The maximum Gasteiger partial charge on any atom is 0.306 e. The van der Waals surface area contributed by atoms with E-state index in [1.54, 1.807) is 0 Å². The van der Waals surface area contributed by atoms with Crippen LogP contribution in [0.3, 0.4) is 0 Å². The number of esters is 3. The predicted molar refractivity (Wildman–Crippen MR) is 261 cm³/mol. The number of hydrogen-bond acceptors (Lipinski definition) is 6. The first-order chi connectivity index (χ1) is 29.9. The summed E-state index contributed by atoms with van der Waals surface area (Å²) in [7, 11) is 0. The van der Waals surface area contributed by atoms with Crippen molar-refractivity contribution in [2.45, 2.75) is 316 Å². The fourth-order valence-corrected chi connectivity index (χ4v) is 8.39. The van der Waals surface area contributed by atoms with Crippen molar-refractivity contribution in [3.63, 3.8) is 0 Å². The summed E-state index contributed by atoms with van der Waals surface area (Å²) in [5.41, 5.74) is 0. The largest absolute Gasteiger partial charge is 0.462 e. The summed E-state index contributed by atoms with van der Waals surface area (Å²) in [5, 5.41) is 0. The molecular formula is C55H106O6. The monoisotopic (exact) mass is 863 g/mol. The standard InChI is InChI=1S/C55H106O6/c1-5-7-9-11-13-14-15-16-17-18-23-26-29-32-36-40-44-48-55(58)61-52(49-59-53(56)46-42-38-33-12-10-8-6-2)50-60-54(57)47-43-39-35-31-28-25-22-20-19-21-24-27-30-34-37-41-45-51(3)4/h51-52H,5-50H2,1-4H3/t52-/m1/s1. The van der Waals surface area contributed by atoms with Crippen molar-refractivity contribution in [1.29, 1.82) is 0 Å². The Bertz CT molecular complexity index is 918. The van der Waals surface area contributed by atoms with E-state index in [1.165, 1.54) is 205 Å². The van der Waals surface area contributed by atoms with Crippen molar-refractivity contribution in [2.24, 2.45) is 5.92 Å². The number of ether oxygens (including phenoxy) is 3. The van der Waals surface area contributed by atoms with Gasteiger partial charge in [-0.15, -0.1) is 0 Å². The molecule has 362 valence electrons. The van der Waals surface area contributed by atoms with Gasteiger partial charge in [0.25, 0.3) is 0 Å². The normalized spacial score (nSPS) is 12.0. The van der Waals surface area contributed by atoms with Gasteiger partial charge in [0.15, 0.2) is 6.10 Å². The fourth-order valence-electron chi connectivity index (χ4n) is 8.39. The Morgan fingerprint density at radius 1 is 0.311 bits per heavy atom. The Balaban J connectivity index is 4.15. The highest BCUT2D eigenvalue weighted by molar-refractivity contribution is 5.71. The van der Waals surface area contributed by atoms with Crippen LogP contribution in [0.15, 0.2) is 0 Å². The van der Waals surface area contributed by atoms with Crippen LogP contribution in [0.5, 0.6) is 0 Å². The van der Waals surface area contributed by atoms with Gasteiger partial charge in [0.05, 0.1) is 0 Å². The molecule has 0 bridgehead atoms. The second kappa shape index (κ2) is 49.4. The molecule has 0 fully saturated rings. The van der Waals surface area contributed by atoms with E-state index in [0.717, 1.165) is 63.7 Å². The minimum absolute atomic E-state index is 0.0627.